The molecule has 4 heteroatoms. The zero-order valence-corrected chi connectivity index (χ0v) is 10.0. The van der Waals surface area contributed by atoms with E-state index in [4.69, 9.17) is 4.74 Å². The Morgan fingerprint density at radius 2 is 2.29 bits per heavy atom. The van der Waals surface area contributed by atoms with Gasteiger partial charge in [0.05, 0.1) is 16.6 Å². The number of esters is 1. The molecule has 1 rings (SSSR count). The fourth-order valence-corrected chi connectivity index (χ4v) is 2.87. The Hall–Kier alpha value is -0.480. The number of carbonyl (C=O) groups excluding carboxylic acids is 1. The van der Waals surface area contributed by atoms with E-state index in [1.807, 2.05) is 6.92 Å². The first-order valence-electron chi connectivity index (χ1n) is 4.63. The van der Waals surface area contributed by atoms with Crippen LogP contribution in [0.4, 0.5) is 0 Å². The van der Waals surface area contributed by atoms with Gasteiger partial charge >= 0.3 is 5.97 Å². The van der Waals surface area contributed by atoms with Gasteiger partial charge < -0.3 is 4.74 Å². The number of ether oxygens (including phenoxy) is 1. The summed E-state index contributed by atoms with van der Waals surface area (Å²) in [6, 6.07) is 4.17. The summed E-state index contributed by atoms with van der Waals surface area (Å²) in [5, 5.41) is 0. The van der Waals surface area contributed by atoms with Crippen molar-refractivity contribution in [3.8, 4) is 0 Å². The van der Waals surface area contributed by atoms with Crippen molar-refractivity contribution in [2.24, 2.45) is 0 Å². The molecular weight excluding hydrogens is 216 g/mol. The van der Waals surface area contributed by atoms with Crippen LogP contribution in [0.2, 0.25) is 0 Å². The topological polar surface area (TPSA) is 26.3 Å². The molecule has 0 atom stereocenters. The molecular formula is C10H14O2S2. The van der Waals surface area contributed by atoms with E-state index in [0.717, 1.165) is 6.42 Å². The SMILES string of the molecule is CCOC(=O)CSc1ccc(CC)s1. The van der Waals surface area contributed by atoms with Crippen LogP contribution < -0.4 is 0 Å². The number of carbonyl (C=O) groups is 1. The summed E-state index contributed by atoms with van der Waals surface area (Å²) in [5.74, 6) is 0.279. The van der Waals surface area contributed by atoms with Crippen LogP contribution in [0.3, 0.4) is 0 Å². The predicted octanol–water partition coefficient (Wildman–Crippen LogP) is 2.97. The maximum Gasteiger partial charge on any atom is 0.316 e. The van der Waals surface area contributed by atoms with Crippen LogP contribution in [0.25, 0.3) is 0 Å². The van der Waals surface area contributed by atoms with E-state index in [1.54, 1.807) is 23.1 Å². The molecule has 0 saturated heterocycles. The normalized spacial score (nSPS) is 10.1. The van der Waals surface area contributed by atoms with Crippen LogP contribution in [-0.2, 0) is 16.0 Å². The van der Waals surface area contributed by atoms with E-state index < -0.39 is 0 Å². The molecule has 0 bridgehead atoms. The summed E-state index contributed by atoms with van der Waals surface area (Å²) < 4.78 is 6.03. The van der Waals surface area contributed by atoms with Gasteiger partial charge in [-0.2, -0.15) is 0 Å². The van der Waals surface area contributed by atoms with E-state index >= 15 is 0 Å². The summed E-state index contributed by atoms with van der Waals surface area (Å²) in [6.45, 7) is 4.42. The summed E-state index contributed by atoms with van der Waals surface area (Å²) in [6.07, 6.45) is 1.06. The first kappa shape index (κ1) is 11.6. The van der Waals surface area contributed by atoms with Gasteiger partial charge in [0.1, 0.15) is 0 Å². The Morgan fingerprint density at radius 3 is 2.86 bits per heavy atom. The largest absolute Gasteiger partial charge is 0.465 e. The van der Waals surface area contributed by atoms with E-state index in [1.165, 1.54) is 9.09 Å². The number of hydrogen-bond acceptors (Lipinski definition) is 4. The highest BCUT2D eigenvalue weighted by Crippen LogP contribution is 2.27. The van der Waals surface area contributed by atoms with E-state index in [2.05, 4.69) is 19.1 Å². The van der Waals surface area contributed by atoms with Crippen LogP contribution in [-0.4, -0.2) is 18.3 Å². The van der Waals surface area contributed by atoms with Crippen molar-refractivity contribution in [2.75, 3.05) is 12.4 Å². The maximum absolute atomic E-state index is 11.1. The molecule has 0 aliphatic rings. The smallest absolute Gasteiger partial charge is 0.316 e. The molecule has 0 unspecified atom stereocenters. The van der Waals surface area contributed by atoms with E-state index in [-0.39, 0.29) is 5.97 Å². The highest BCUT2D eigenvalue weighted by Gasteiger charge is 2.04. The minimum atomic E-state index is -0.135. The standard InChI is InChI=1S/C10H14O2S2/c1-3-8-5-6-10(14-8)13-7-9(11)12-4-2/h5-6H,3-4,7H2,1-2H3. The highest BCUT2D eigenvalue weighted by atomic mass is 32.2. The van der Waals surface area contributed by atoms with E-state index in [9.17, 15) is 4.79 Å². The molecule has 0 saturated carbocycles. The molecule has 78 valence electrons. The Kier molecular flexibility index (Phi) is 5.04. The lowest BCUT2D eigenvalue weighted by molar-refractivity contribution is -0.139. The first-order valence-corrected chi connectivity index (χ1v) is 6.43. The second-order valence-corrected chi connectivity index (χ2v) is 5.11. The van der Waals surface area contributed by atoms with Gasteiger partial charge in [-0.25, -0.2) is 0 Å². The lowest BCUT2D eigenvalue weighted by atomic mass is 10.4. The van der Waals surface area contributed by atoms with Crippen LogP contribution >= 0.6 is 23.1 Å². The number of thiophene rings is 1. The van der Waals surface area contributed by atoms with Crippen LogP contribution in [0.1, 0.15) is 18.7 Å². The average molecular weight is 230 g/mol. The fraction of sp³-hybridized carbons (Fsp3) is 0.500. The lowest BCUT2D eigenvalue weighted by Crippen LogP contribution is -2.05. The Morgan fingerprint density at radius 1 is 1.50 bits per heavy atom. The van der Waals surface area contributed by atoms with Crippen molar-refractivity contribution >= 4 is 29.1 Å². The van der Waals surface area contributed by atoms with Crippen LogP contribution in [0.15, 0.2) is 16.3 Å². The Bertz CT molecular complexity index is 294. The van der Waals surface area contributed by atoms with Gasteiger partial charge in [0.2, 0.25) is 0 Å². The van der Waals surface area contributed by atoms with Crippen LogP contribution in [0.5, 0.6) is 0 Å². The number of rotatable bonds is 5. The minimum Gasteiger partial charge on any atom is -0.465 e. The second kappa shape index (κ2) is 6.09. The molecule has 1 aromatic rings. The molecule has 0 fully saturated rings. The van der Waals surface area contributed by atoms with Crippen molar-refractivity contribution in [1.29, 1.82) is 0 Å². The second-order valence-electron chi connectivity index (χ2n) is 2.67. The molecule has 0 radical (unpaired) electrons. The number of thioether (sulfide) groups is 1. The fourth-order valence-electron chi connectivity index (χ4n) is 0.959. The van der Waals surface area contributed by atoms with Gasteiger partial charge in [-0.3, -0.25) is 4.79 Å². The molecule has 0 N–H and O–H groups in total. The summed E-state index contributed by atoms with van der Waals surface area (Å²) in [4.78, 5) is 12.4. The van der Waals surface area contributed by atoms with Gasteiger partial charge in [0.25, 0.3) is 0 Å². The minimum absolute atomic E-state index is 0.135. The summed E-state index contributed by atoms with van der Waals surface area (Å²) in [7, 11) is 0. The Labute approximate surface area is 92.7 Å². The zero-order chi connectivity index (χ0) is 10.4. The third kappa shape index (κ3) is 3.72. The molecule has 0 aliphatic carbocycles. The zero-order valence-electron chi connectivity index (χ0n) is 8.41. The molecule has 1 heterocycles. The van der Waals surface area contributed by atoms with Crippen molar-refractivity contribution in [3.63, 3.8) is 0 Å². The molecule has 1 aromatic heterocycles. The monoisotopic (exact) mass is 230 g/mol. The van der Waals surface area contributed by atoms with Crippen molar-refractivity contribution < 1.29 is 9.53 Å². The first-order chi connectivity index (χ1) is 6.76. The lowest BCUT2D eigenvalue weighted by Gasteiger charge is -1.99. The van der Waals surface area contributed by atoms with Gasteiger partial charge in [0, 0.05) is 4.88 Å². The van der Waals surface area contributed by atoms with Crippen molar-refractivity contribution in [2.45, 2.75) is 24.5 Å². The molecule has 0 amide bonds. The van der Waals surface area contributed by atoms with Crippen molar-refractivity contribution in [1.82, 2.24) is 0 Å². The van der Waals surface area contributed by atoms with Gasteiger partial charge in [-0.15, -0.1) is 23.1 Å². The Balaban J connectivity index is 2.34. The quantitative estimate of drug-likeness (QED) is 0.574. The number of aryl methyl sites for hydroxylation is 1. The summed E-state index contributed by atoms with van der Waals surface area (Å²) in [5.41, 5.74) is 0. The summed E-state index contributed by atoms with van der Waals surface area (Å²) >= 11 is 3.30. The third-order valence-electron chi connectivity index (χ3n) is 1.62. The molecule has 14 heavy (non-hydrogen) atoms. The molecule has 2 nitrogen and oxygen atoms in total. The van der Waals surface area contributed by atoms with Gasteiger partial charge in [0.15, 0.2) is 0 Å². The molecule has 0 aliphatic heterocycles. The van der Waals surface area contributed by atoms with E-state index in [0.29, 0.717) is 12.4 Å². The van der Waals surface area contributed by atoms with Crippen LogP contribution in [0, 0.1) is 0 Å². The predicted molar refractivity (Wildman–Crippen MR) is 61.1 cm³/mol. The molecule has 0 aromatic carbocycles. The van der Waals surface area contributed by atoms with Gasteiger partial charge in [-0.1, -0.05) is 6.92 Å². The van der Waals surface area contributed by atoms with Crippen molar-refractivity contribution in [3.05, 3.63) is 17.0 Å². The third-order valence-corrected chi connectivity index (χ3v) is 4.05. The highest BCUT2D eigenvalue weighted by molar-refractivity contribution is 8.01. The average Bonchev–Trinajstić information content (AvgIpc) is 2.63. The van der Waals surface area contributed by atoms with Gasteiger partial charge in [-0.05, 0) is 25.5 Å². The number of hydrogen-bond donors (Lipinski definition) is 0. The molecule has 0 spiro atoms. The maximum atomic E-state index is 11.1.